The number of pyridine rings is 1. The molecule has 1 aliphatic heterocycles. The fourth-order valence-corrected chi connectivity index (χ4v) is 3.05. The van der Waals surface area contributed by atoms with Gasteiger partial charge in [0.15, 0.2) is 0 Å². The summed E-state index contributed by atoms with van der Waals surface area (Å²) in [6.07, 6.45) is 2.69. The zero-order valence-corrected chi connectivity index (χ0v) is 14.7. The molecule has 7 heteroatoms. The molecule has 1 amide bonds. The van der Waals surface area contributed by atoms with Crippen molar-refractivity contribution in [3.05, 3.63) is 58.6 Å². The minimum absolute atomic E-state index is 0.217. The molecule has 7 nitrogen and oxygen atoms in total. The monoisotopic (exact) mass is 366 g/mol. The molecule has 1 atom stereocenters. The second-order valence-electron chi connectivity index (χ2n) is 6.36. The Morgan fingerprint density at radius 3 is 3.00 bits per heavy atom. The van der Waals surface area contributed by atoms with Gasteiger partial charge in [-0.25, -0.2) is 9.78 Å². The maximum absolute atomic E-state index is 12.3. The number of carbonyl (C=O) groups excluding carboxylic acids is 1. The second kappa shape index (κ2) is 7.20. The summed E-state index contributed by atoms with van der Waals surface area (Å²) in [5.41, 5.74) is 1.29. The molecular formula is C20H18N2O5. The molecule has 1 N–H and O–H groups in total. The van der Waals surface area contributed by atoms with Crippen molar-refractivity contribution >= 4 is 22.6 Å². The average Bonchev–Trinajstić information content (AvgIpc) is 3.18. The van der Waals surface area contributed by atoms with Crippen LogP contribution in [0.4, 0.5) is 5.69 Å². The van der Waals surface area contributed by atoms with Gasteiger partial charge < -0.3 is 19.2 Å². The lowest BCUT2D eigenvalue weighted by Crippen LogP contribution is -2.27. The first-order valence-electron chi connectivity index (χ1n) is 8.70. The number of carbonyl (C=O) groups is 1. The summed E-state index contributed by atoms with van der Waals surface area (Å²) in [6.45, 7) is 2.44. The number of hydrogen-bond donors (Lipinski definition) is 1. The van der Waals surface area contributed by atoms with Crippen molar-refractivity contribution in [1.82, 2.24) is 4.98 Å². The molecule has 0 radical (unpaired) electrons. The fourth-order valence-electron chi connectivity index (χ4n) is 3.05. The molecule has 1 aromatic carbocycles. The number of nitrogens with one attached hydrogen (secondary N) is 1. The molecule has 0 unspecified atom stereocenters. The summed E-state index contributed by atoms with van der Waals surface area (Å²) in [5.74, 6) is 0.478. The Balaban J connectivity index is 1.60. The van der Waals surface area contributed by atoms with Crippen molar-refractivity contribution in [1.29, 1.82) is 0 Å². The standard InChI is InChI=1S/C20H18N2O5/c1-12-10-18(23)27-17-11-13(6-7-14(12)17)26-20-15(4-2-8-21-20)22-19(24)16-5-3-9-25-16/h2,4,6-8,10-11,16H,3,5,9H2,1H3,(H,22,24)/t16-/m0/s1. The topological polar surface area (TPSA) is 90.7 Å². The van der Waals surface area contributed by atoms with Crippen LogP contribution in [0.5, 0.6) is 11.6 Å². The summed E-state index contributed by atoms with van der Waals surface area (Å²) in [6, 6.07) is 10.1. The van der Waals surface area contributed by atoms with Crippen LogP contribution in [-0.2, 0) is 9.53 Å². The molecule has 1 saturated heterocycles. The lowest BCUT2D eigenvalue weighted by atomic mass is 10.1. The molecule has 27 heavy (non-hydrogen) atoms. The summed E-state index contributed by atoms with van der Waals surface area (Å²) in [7, 11) is 0. The van der Waals surface area contributed by atoms with Gasteiger partial charge in [0.2, 0.25) is 5.88 Å². The normalized spacial score (nSPS) is 16.4. The molecule has 138 valence electrons. The Bertz CT molecular complexity index is 1050. The van der Waals surface area contributed by atoms with Crippen molar-refractivity contribution in [2.24, 2.45) is 0 Å². The van der Waals surface area contributed by atoms with E-state index in [0.29, 0.717) is 30.0 Å². The van der Waals surface area contributed by atoms with Crippen LogP contribution < -0.4 is 15.7 Å². The largest absolute Gasteiger partial charge is 0.437 e. The van der Waals surface area contributed by atoms with Crippen molar-refractivity contribution in [3.63, 3.8) is 0 Å². The van der Waals surface area contributed by atoms with Gasteiger partial charge in [0.1, 0.15) is 23.1 Å². The van der Waals surface area contributed by atoms with Crippen LogP contribution in [-0.4, -0.2) is 23.6 Å². The summed E-state index contributed by atoms with van der Waals surface area (Å²) in [4.78, 5) is 28.1. The highest BCUT2D eigenvalue weighted by molar-refractivity contribution is 5.95. The zero-order valence-electron chi connectivity index (χ0n) is 14.7. The van der Waals surface area contributed by atoms with Crippen LogP contribution in [0.15, 0.2) is 51.8 Å². The highest BCUT2D eigenvalue weighted by atomic mass is 16.5. The first-order chi connectivity index (χ1) is 13.1. The first-order valence-corrected chi connectivity index (χ1v) is 8.70. The molecule has 4 rings (SSSR count). The number of ether oxygens (including phenoxy) is 2. The van der Waals surface area contributed by atoms with E-state index in [9.17, 15) is 9.59 Å². The Hall–Kier alpha value is -3.19. The summed E-state index contributed by atoms with van der Waals surface area (Å²) < 4.78 is 16.5. The Kier molecular flexibility index (Phi) is 4.60. The SMILES string of the molecule is Cc1cc(=O)oc2cc(Oc3ncccc3NC(=O)[C@@H]3CCCO3)ccc12. The number of nitrogens with zero attached hydrogens (tertiary/aromatic N) is 1. The number of aromatic nitrogens is 1. The number of anilines is 1. The van der Waals surface area contributed by atoms with Gasteiger partial charge in [0.05, 0.1) is 0 Å². The molecule has 0 bridgehead atoms. The van der Waals surface area contributed by atoms with Crippen LogP contribution >= 0.6 is 0 Å². The molecule has 3 aromatic rings. The summed E-state index contributed by atoms with van der Waals surface area (Å²) in [5, 5.41) is 3.63. The minimum atomic E-state index is -0.448. The van der Waals surface area contributed by atoms with Gasteiger partial charge in [-0.1, -0.05) is 0 Å². The van der Waals surface area contributed by atoms with Crippen molar-refractivity contribution < 1.29 is 18.7 Å². The summed E-state index contributed by atoms with van der Waals surface area (Å²) >= 11 is 0. The van der Waals surface area contributed by atoms with Crippen LogP contribution in [0.2, 0.25) is 0 Å². The molecule has 2 aromatic heterocycles. The van der Waals surface area contributed by atoms with Crippen LogP contribution in [0.3, 0.4) is 0 Å². The lowest BCUT2D eigenvalue weighted by molar-refractivity contribution is -0.124. The van der Waals surface area contributed by atoms with Gasteiger partial charge in [-0.15, -0.1) is 0 Å². The Morgan fingerprint density at radius 2 is 2.19 bits per heavy atom. The highest BCUT2D eigenvalue weighted by Gasteiger charge is 2.24. The predicted octanol–water partition coefficient (Wildman–Crippen LogP) is 3.41. The Morgan fingerprint density at radius 1 is 1.30 bits per heavy atom. The van der Waals surface area contributed by atoms with Crippen LogP contribution in [0, 0.1) is 6.92 Å². The smallest absolute Gasteiger partial charge is 0.336 e. The molecule has 3 heterocycles. The first kappa shape index (κ1) is 17.2. The number of fused-ring (bicyclic) bond motifs is 1. The van der Waals surface area contributed by atoms with E-state index in [0.717, 1.165) is 17.4 Å². The van der Waals surface area contributed by atoms with E-state index in [1.807, 2.05) is 13.0 Å². The molecular weight excluding hydrogens is 348 g/mol. The van der Waals surface area contributed by atoms with E-state index in [1.165, 1.54) is 6.07 Å². The number of rotatable bonds is 4. The maximum atomic E-state index is 12.3. The van der Waals surface area contributed by atoms with E-state index >= 15 is 0 Å². The molecule has 0 saturated carbocycles. The molecule has 0 spiro atoms. The molecule has 0 aliphatic carbocycles. The average molecular weight is 366 g/mol. The predicted molar refractivity (Wildman–Crippen MR) is 99.1 cm³/mol. The number of aryl methyl sites for hydroxylation is 1. The Labute approximate surface area is 154 Å². The van der Waals surface area contributed by atoms with Crippen molar-refractivity contribution in [2.75, 3.05) is 11.9 Å². The number of hydrogen-bond acceptors (Lipinski definition) is 6. The van der Waals surface area contributed by atoms with Gasteiger partial charge in [-0.2, -0.15) is 0 Å². The maximum Gasteiger partial charge on any atom is 0.336 e. The third kappa shape index (κ3) is 3.68. The van der Waals surface area contributed by atoms with E-state index in [4.69, 9.17) is 13.9 Å². The van der Waals surface area contributed by atoms with Crippen molar-refractivity contribution in [2.45, 2.75) is 25.9 Å². The van der Waals surface area contributed by atoms with Gasteiger partial charge in [-0.3, -0.25) is 4.79 Å². The van der Waals surface area contributed by atoms with Gasteiger partial charge in [-0.05, 0) is 49.6 Å². The van der Waals surface area contributed by atoms with E-state index in [2.05, 4.69) is 10.3 Å². The lowest BCUT2D eigenvalue weighted by Gasteiger charge is -2.13. The fraction of sp³-hybridized carbons (Fsp3) is 0.250. The number of amides is 1. The van der Waals surface area contributed by atoms with E-state index in [1.54, 1.807) is 30.5 Å². The van der Waals surface area contributed by atoms with Crippen LogP contribution in [0.25, 0.3) is 11.0 Å². The quantitative estimate of drug-likeness (QED) is 0.712. The van der Waals surface area contributed by atoms with Gasteiger partial charge >= 0.3 is 5.63 Å². The minimum Gasteiger partial charge on any atom is -0.437 e. The molecule has 1 fully saturated rings. The highest BCUT2D eigenvalue weighted by Crippen LogP contribution is 2.30. The van der Waals surface area contributed by atoms with Crippen LogP contribution in [0.1, 0.15) is 18.4 Å². The van der Waals surface area contributed by atoms with Crippen molar-refractivity contribution in [3.8, 4) is 11.6 Å². The third-order valence-corrected chi connectivity index (χ3v) is 4.39. The third-order valence-electron chi connectivity index (χ3n) is 4.39. The zero-order chi connectivity index (χ0) is 18.8. The van der Waals surface area contributed by atoms with E-state index < -0.39 is 11.7 Å². The molecule has 1 aliphatic rings. The second-order valence-corrected chi connectivity index (χ2v) is 6.36. The number of benzene rings is 1. The van der Waals surface area contributed by atoms with Gasteiger partial charge in [0.25, 0.3) is 5.91 Å². The van der Waals surface area contributed by atoms with E-state index in [-0.39, 0.29) is 11.8 Å². The van der Waals surface area contributed by atoms with Gasteiger partial charge in [0, 0.05) is 30.3 Å².